The van der Waals surface area contributed by atoms with E-state index in [-0.39, 0.29) is 0 Å². The molecule has 8 heteroatoms. The zero-order valence-corrected chi connectivity index (χ0v) is 16.5. The summed E-state index contributed by atoms with van der Waals surface area (Å²) in [6, 6.07) is 8.19. The van der Waals surface area contributed by atoms with Crippen molar-refractivity contribution in [3.63, 3.8) is 0 Å². The third-order valence-corrected chi connectivity index (χ3v) is 3.83. The maximum atomic E-state index is 13.6. The Morgan fingerprint density at radius 1 is 1.17 bits per heavy atom. The molecule has 0 aliphatic rings. The molecule has 158 valence electrons. The van der Waals surface area contributed by atoms with Gasteiger partial charge in [0.25, 0.3) is 5.91 Å². The van der Waals surface area contributed by atoms with Gasteiger partial charge in [0.2, 0.25) is 0 Å². The second-order valence-electron chi connectivity index (χ2n) is 6.01. The van der Waals surface area contributed by atoms with E-state index in [2.05, 4.69) is 11.9 Å². The maximum absolute atomic E-state index is 13.6. The van der Waals surface area contributed by atoms with Crippen LogP contribution in [0.25, 0.3) is 6.08 Å². The fourth-order valence-corrected chi connectivity index (χ4v) is 2.33. The Labute approximate surface area is 172 Å². The van der Waals surface area contributed by atoms with Crippen molar-refractivity contribution < 1.29 is 32.6 Å². The molecule has 2 aromatic rings. The molecular formula is C22H21F2NO5. The highest BCUT2D eigenvalue weighted by Gasteiger charge is 2.20. The largest absolute Gasteiger partial charge is 0.493 e. The van der Waals surface area contributed by atoms with Crippen molar-refractivity contribution in [3.05, 3.63) is 72.3 Å². The fraction of sp³-hybridized carbons (Fsp3) is 0.182. The predicted molar refractivity (Wildman–Crippen MR) is 108 cm³/mol. The maximum Gasteiger partial charge on any atom is 0.331 e. The lowest BCUT2D eigenvalue weighted by atomic mass is 10.2. The van der Waals surface area contributed by atoms with Crippen molar-refractivity contribution in [1.29, 1.82) is 0 Å². The van der Waals surface area contributed by atoms with Crippen molar-refractivity contribution in [3.8, 4) is 11.5 Å². The second kappa shape index (κ2) is 10.8. The highest BCUT2D eigenvalue weighted by Crippen LogP contribution is 2.28. The van der Waals surface area contributed by atoms with Crippen LogP contribution in [-0.4, -0.2) is 31.7 Å². The quantitative estimate of drug-likeness (QED) is 0.377. The van der Waals surface area contributed by atoms with Crippen LogP contribution in [0, 0.1) is 11.6 Å². The summed E-state index contributed by atoms with van der Waals surface area (Å²) >= 11 is 0. The lowest BCUT2D eigenvalue weighted by Crippen LogP contribution is -2.30. The molecule has 0 saturated heterocycles. The molecule has 0 aliphatic heterocycles. The molecule has 0 heterocycles. The molecule has 2 aromatic carbocycles. The first-order chi connectivity index (χ1) is 14.3. The van der Waals surface area contributed by atoms with Crippen molar-refractivity contribution in [1.82, 2.24) is 0 Å². The lowest BCUT2D eigenvalue weighted by Gasteiger charge is -2.13. The number of rotatable bonds is 9. The van der Waals surface area contributed by atoms with E-state index in [1.807, 2.05) is 0 Å². The van der Waals surface area contributed by atoms with E-state index in [1.165, 1.54) is 26.2 Å². The molecule has 0 fully saturated rings. The number of halogens is 2. The topological polar surface area (TPSA) is 73.9 Å². The van der Waals surface area contributed by atoms with Crippen LogP contribution in [0.1, 0.15) is 12.5 Å². The van der Waals surface area contributed by atoms with Crippen molar-refractivity contribution in [2.45, 2.75) is 13.0 Å². The number of carbonyl (C=O) groups is 2. The summed E-state index contributed by atoms with van der Waals surface area (Å²) in [6.07, 6.45) is 2.90. The molecule has 0 aromatic heterocycles. The van der Waals surface area contributed by atoms with Crippen LogP contribution in [0.15, 0.2) is 55.1 Å². The van der Waals surface area contributed by atoms with E-state index in [4.69, 9.17) is 14.2 Å². The molecule has 1 N–H and O–H groups in total. The highest BCUT2D eigenvalue weighted by atomic mass is 19.1. The molecule has 0 saturated carbocycles. The minimum Gasteiger partial charge on any atom is -0.493 e. The molecule has 30 heavy (non-hydrogen) atoms. The Hall–Kier alpha value is -3.68. The van der Waals surface area contributed by atoms with E-state index >= 15 is 0 Å². The summed E-state index contributed by atoms with van der Waals surface area (Å²) in [5.74, 6) is -2.56. The Bertz CT molecular complexity index is 938. The normalized spacial score (nSPS) is 11.6. The van der Waals surface area contributed by atoms with Crippen LogP contribution in [0.4, 0.5) is 14.5 Å². The number of benzene rings is 2. The Morgan fingerprint density at radius 3 is 2.50 bits per heavy atom. The number of esters is 1. The Kier molecular flexibility index (Phi) is 8.10. The van der Waals surface area contributed by atoms with Gasteiger partial charge in [0, 0.05) is 6.08 Å². The van der Waals surface area contributed by atoms with E-state index in [9.17, 15) is 18.4 Å². The summed E-state index contributed by atoms with van der Waals surface area (Å²) < 4.78 is 42.9. The fourth-order valence-electron chi connectivity index (χ4n) is 2.33. The monoisotopic (exact) mass is 417 g/mol. The zero-order chi connectivity index (χ0) is 22.1. The van der Waals surface area contributed by atoms with E-state index < -0.39 is 35.3 Å². The summed E-state index contributed by atoms with van der Waals surface area (Å²) in [4.78, 5) is 24.0. The molecule has 0 aliphatic carbocycles. The van der Waals surface area contributed by atoms with Crippen LogP contribution < -0.4 is 14.8 Å². The second-order valence-corrected chi connectivity index (χ2v) is 6.01. The van der Waals surface area contributed by atoms with Crippen molar-refractivity contribution in [2.75, 3.05) is 19.0 Å². The van der Waals surface area contributed by atoms with Gasteiger partial charge in [0.15, 0.2) is 17.6 Å². The molecular weight excluding hydrogens is 396 g/mol. The third kappa shape index (κ3) is 6.16. The number of ether oxygens (including phenoxy) is 3. The Morgan fingerprint density at radius 2 is 1.87 bits per heavy atom. The van der Waals surface area contributed by atoms with Gasteiger partial charge in [-0.2, -0.15) is 0 Å². The summed E-state index contributed by atoms with van der Waals surface area (Å²) in [5.41, 5.74) is 0.0204. The Balaban J connectivity index is 1.98. The number of methoxy groups -OCH3 is 1. The number of anilines is 1. The average molecular weight is 417 g/mol. The summed E-state index contributed by atoms with van der Waals surface area (Å²) in [7, 11) is 1.48. The number of hydrogen-bond donors (Lipinski definition) is 1. The summed E-state index contributed by atoms with van der Waals surface area (Å²) in [6.45, 7) is 5.17. The minimum atomic E-state index is -1.27. The van der Waals surface area contributed by atoms with Crippen molar-refractivity contribution in [2.24, 2.45) is 0 Å². The van der Waals surface area contributed by atoms with Crippen LogP contribution >= 0.6 is 0 Å². The van der Waals surface area contributed by atoms with Gasteiger partial charge in [0.05, 0.1) is 7.11 Å². The SMILES string of the molecule is C=CCOc1ccc(/C=C/C(=O)O[C@H](C)C(=O)Nc2c(F)cccc2F)cc1OC. The first-order valence-electron chi connectivity index (χ1n) is 8.91. The van der Waals surface area contributed by atoms with E-state index in [0.29, 0.717) is 23.7 Å². The molecule has 0 unspecified atom stereocenters. The van der Waals surface area contributed by atoms with Gasteiger partial charge in [-0.25, -0.2) is 13.6 Å². The van der Waals surface area contributed by atoms with Gasteiger partial charge < -0.3 is 19.5 Å². The third-order valence-electron chi connectivity index (χ3n) is 3.83. The number of carbonyl (C=O) groups excluding carboxylic acids is 2. The molecule has 0 radical (unpaired) electrons. The highest BCUT2D eigenvalue weighted by molar-refractivity contribution is 5.96. The molecule has 1 amide bonds. The van der Waals surface area contributed by atoms with Gasteiger partial charge >= 0.3 is 5.97 Å². The van der Waals surface area contributed by atoms with Crippen LogP contribution in [0.2, 0.25) is 0 Å². The van der Waals surface area contributed by atoms with Crippen LogP contribution in [-0.2, 0) is 14.3 Å². The van der Waals surface area contributed by atoms with Gasteiger partial charge in [-0.15, -0.1) is 0 Å². The number of nitrogens with one attached hydrogen (secondary N) is 1. The van der Waals surface area contributed by atoms with E-state index in [0.717, 1.165) is 18.2 Å². The number of amides is 1. The van der Waals surface area contributed by atoms with Gasteiger partial charge in [-0.05, 0) is 42.8 Å². The van der Waals surface area contributed by atoms with Crippen LogP contribution in [0.3, 0.4) is 0 Å². The van der Waals surface area contributed by atoms with Gasteiger partial charge in [0.1, 0.15) is 23.9 Å². The molecule has 0 spiro atoms. The predicted octanol–water partition coefficient (Wildman–Crippen LogP) is 4.12. The van der Waals surface area contributed by atoms with E-state index in [1.54, 1.807) is 24.3 Å². The standard InChI is InChI=1S/C22H21F2NO5/c1-4-12-29-18-10-8-15(13-19(18)28-3)9-11-20(26)30-14(2)22(27)25-21-16(23)6-5-7-17(21)24/h4-11,13-14H,1,12H2,2-3H3,(H,25,27)/b11-9+/t14-/m1/s1. The first kappa shape index (κ1) is 22.6. The number of para-hydroxylation sites is 1. The average Bonchev–Trinajstić information content (AvgIpc) is 2.73. The molecule has 1 atom stereocenters. The number of hydrogen-bond acceptors (Lipinski definition) is 5. The smallest absolute Gasteiger partial charge is 0.331 e. The first-order valence-corrected chi connectivity index (χ1v) is 8.91. The van der Waals surface area contributed by atoms with Gasteiger partial charge in [-0.3, -0.25) is 4.79 Å². The summed E-state index contributed by atoms with van der Waals surface area (Å²) in [5, 5.41) is 2.07. The molecule has 6 nitrogen and oxygen atoms in total. The lowest BCUT2D eigenvalue weighted by molar-refractivity contribution is -0.148. The van der Waals surface area contributed by atoms with Crippen molar-refractivity contribution >= 4 is 23.6 Å². The van der Waals surface area contributed by atoms with Crippen LogP contribution in [0.5, 0.6) is 11.5 Å². The molecule has 0 bridgehead atoms. The zero-order valence-electron chi connectivity index (χ0n) is 16.5. The van der Waals surface area contributed by atoms with Gasteiger partial charge in [-0.1, -0.05) is 24.8 Å². The molecule has 2 rings (SSSR count). The minimum absolute atomic E-state index is 0.314.